The number of aromatic hydroxyl groups is 1. The van der Waals surface area contributed by atoms with Crippen molar-refractivity contribution in [3.05, 3.63) is 29.3 Å². The van der Waals surface area contributed by atoms with E-state index >= 15 is 0 Å². The number of carboxylic acid groups (broad SMARTS) is 1. The lowest BCUT2D eigenvalue weighted by Gasteiger charge is -2.39. The fourth-order valence-electron chi connectivity index (χ4n) is 1.68. The number of hydrogen-bond donors (Lipinski definition) is 2. The fourth-order valence-corrected chi connectivity index (χ4v) is 1.68. The van der Waals surface area contributed by atoms with Crippen molar-refractivity contribution >= 4 is 5.97 Å². The van der Waals surface area contributed by atoms with Crippen molar-refractivity contribution in [3.63, 3.8) is 0 Å². The summed E-state index contributed by atoms with van der Waals surface area (Å²) in [5.74, 6) is -0.839. The van der Waals surface area contributed by atoms with Crippen molar-refractivity contribution in [2.24, 2.45) is 10.8 Å². The first-order chi connectivity index (χ1) is 8.04. The van der Waals surface area contributed by atoms with Crippen LogP contribution in [0.15, 0.2) is 18.2 Å². The van der Waals surface area contributed by atoms with E-state index < -0.39 is 5.97 Å². The van der Waals surface area contributed by atoms with Crippen LogP contribution in [-0.2, 0) is 6.42 Å². The van der Waals surface area contributed by atoms with Crippen LogP contribution < -0.4 is 0 Å². The second-order valence-corrected chi connectivity index (χ2v) is 6.46. The van der Waals surface area contributed by atoms with E-state index in [9.17, 15) is 15.0 Å². The summed E-state index contributed by atoms with van der Waals surface area (Å²) in [6.45, 7) is 10.6. The molecular formula is C15H22O3. The summed E-state index contributed by atoms with van der Waals surface area (Å²) in [5.41, 5.74) is 0.937. The fraction of sp³-hybridized carbons (Fsp3) is 0.533. The standard InChI is InChI=1S/C15H22O3/c1-14(2,3)15(4,5)9-10-8-11(16)6-7-12(10)13(17)18/h6-8,16H,9H2,1-5H3,(H,17,18). The molecule has 0 spiro atoms. The molecule has 1 rings (SSSR count). The molecule has 0 radical (unpaired) electrons. The van der Waals surface area contributed by atoms with Crippen molar-refractivity contribution in [3.8, 4) is 5.75 Å². The summed E-state index contributed by atoms with van der Waals surface area (Å²) in [4.78, 5) is 11.2. The molecule has 0 amide bonds. The summed E-state index contributed by atoms with van der Waals surface area (Å²) in [6.07, 6.45) is 0.618. The minimum atomic E-state index is -0.949. The first kappa shape index (κ1) is 14.6. The molecule has 2 N–H and O–H groups in total. The smallest absolute Gasteiger partial charge is 0.335 e. The molecule has 100 valence electrons. The van der Waals surface area contributed by atoms with Crippen molar-refractivity contribution in [1.29, 1.82) is 0 Å². The van der Waals surface area contributed by atoms with Gasteiger partial charge in [-0.1, -0.05) is 34.6 Å². The molecule has 0 bridgehead atoms. The van der Waals surface area contributed by atoms with Gasteiger partial charge in [0, 0.05) is 0 Å². The van der Waals surface area contributed by atoms with Crippen molar-refractivity contribution in [2.75, 3.05) is 0 Å². The molecular weight excluding hydrogens is 228 g/mol. The molecule has 1 aromatic rings. The van der Waals surface area contributed by atoms with Crippen LogP contribution in [0.5, 0.6) is 5.75 Å². The van der Waals surface area contributed by atoms with Gasteiger partial charge in [0.15, 0.2) is 0 Å². The summed E-state index contributed by atoms with van der Waals surface area (Å²) < 4.78 is 0. The van der Waals surface area contributed by atoms with Gasteiger partial charge in [0.25, 0.3) is 0 Å². The summed E-state index contributed by atoms with van der Waals surface area (Å²) in [7, 11) is 0. The first-order valence-corrected chi connectivity index (χ1v) is 6.10. The minimum Gasteiger partial charge on any atom is -0.508 e. The molecule has 0 aromatic heterocycles. The molecule has 0 fully saturated rings. The van der Waals surface area contributed by atoms with Crippen LogP contribution in [0.25, 0.3) is 0 Å². The number of phenolic OH excluding ortho intramolecular Hbond substituents is 1. The van der Waals surface area contributed by atoms with Crippen molar-refractivity contribution in [1.82, 2.24) is 0 Å². The average Bonchev–Trinajstić information content (AvgIpc) is 2.14. The molecule has 0 aliphatic rings. The molecule has 3 heteroatoms. The first-order valence-electron chi connectivity index (χ1n) is 6.10. The maximum Gasteiger partial charge on any atom is 0.335 e. The number of phenols is 1. The van der Waals surface area contributed by atoms with E-state index in [4.69, 9.17) is 0 Å². The van der Waals surface area contributed by atoms with Gasteiger partial charge in [0.1, 0.15) is 5.75 Å². The quantitative estimate of drug-likeness (QED) is 0.859. The molecule has 0 unspecified atom stereocenters. The number of hydrogen-bond acceptors (Lipinski definition) is 2. The second-order valence-electron chi connectivity index (χ2n) is 6.46. The zero-order chi connectivity index (χ0) is 14.1. The minimum absolute atomic E-state index is 0.0498. The number of benzene rings is 1. The lowest BCUT2D eigenvalue weighted by molar-refractivity contribution is 0.0692. The van der Waals surface area contributed by atoms with Crippen molar-refractivity contribution in [2.45, 2.75) is 41.0 Å². The predicted octanol–water partition coefficient (Wildman–Crippen LogP) is 3.71. The third kappa shape index (κ3) is 3.03. The zero-order valence-electron chi connectivity index (χ0n) is 11.7. The Kier molecular flexibility index (Phi) is 3.75. The average molecular weight is 250 g/mol. The molecule has 0 heterocycles. The van der Waals surface area contributed by atoms with Gasteiger partial charge in [0.2, 0.25) is 0 Å². The van der Waals surface area contributed by atoms with Crippen LogP contribution in [0.3, 0.4) is 0 Å². The highest BCUT2D eigenvalue weighted by Crippen LogP contribution is 2.41. The van der Waals surface area contributed by atoms with E-state index in [1.807, 2.05) is 0 Å². The molecule has 3 nitrogen and oxygen atoms in total. The molecule has 0 saturated carbocycles. The molecule has 0 aliphatic carbocycles. The number of aromatic carboxylic acids is 1. The maximum absolute atomic E-state index is 11.2. The van der Waals surface area contributed by atoms with Gasteiger partial charge >= 0.3 is 5.97 Å². The number of carboxylic acids is 1. The Morgan fingerprint density at radius 2 is 1.72 bits per heavy atom. The topological polar surface area (TPSA) is 57.5 Å². The highest BCUT2D eigenvalue weighted by Gasteiger charge is 2.33. The van der Waals surface area contributed by atoms with Crippen LogP contribution in [-0.4, -0.2) is 16.2 Å². The van der Waals surface area contributed by atoms with Gasteiger partial charge in [-0.25, -0.2) is 4.79 Å². The molecule has 1 aromatic carbocycles. The van der Waals surface area contributed by atoms with E-state index in [0.717, 1.165) is 0 Å². The molecule has 0 atom stereocenters. The van der Waals surface area contributed by atoms with Crippen molar-refractivity contribution < 1.29 is 15.0 Å². The summed E-state index contributed by atoms with van der Waals surface area (Å²) in [5, 5.41) is 18.7. The third-order valence-electron chi connectivity index (χ3n) is 3.98. The van der Waals surface area contributed by atoms with Crippen LogP contribution in [0.1, 0.15) is 50.5 Å². The Bertz CT molecular complexity index is 453. The monoisotopic (exact) mass is 250 g/mol. The van der Waals surface area contributed by atoms with E-state index in [1.54, 1.807) is 6.07 Å². The Balaban J connectivity index is 3.18. The largest absolute Gasteiger partial charge is 0.508 e. The van der Waals surface area contributed by atoms with Gasteiger partial charge in [0.05, 0.1) is 5.56 Å². The normalized spacial score (nSPS) is 12.5. The van der Waals surface area contributed by atoms with Crippen LogP contribution in [0, 0.1) is 10.8 Å². The van der Waals surface area contributed by atoms with E-state index in [-0.39, 0.29) is 22.1 Å². The maximum atomic E-state index is 11.2. The van der Waals surface area contributed by atoms with Gasteiger partial charge in [-0.2, -0.15) is 0 Å². The van der Waals surface area contributed by atoms with Gasteiger partial charge in [-0.05, 0) is 41.0 Å². The molecule has 18 heavy (non-hydrogen) atoms. The van der Waals surface area contributed by atoms with E-state index in [1.165, 1.54) is 12.1 Å². The zero-order valence-corrected chi connectivity index (χ0v) is 11.7. The van der Waals surface area contributed by atoms with E-state index in [0.29, 0.717) is 12.0 Å². The third-order valence-corrected chi connectivity index (χ3v) is 3.98. The lowest BCUT2D eigenvalue weighted by Crippen LogP contribution is -2.32. The van der Waals surface area contributed by atoms with Gasteiger partial charge in [-0.15, -0.1) is 0 Å². The predicted molar refractivity (Wildman–Crippen MR) is 72.0 cm³/mol. The van der Waals surface area contributed by atoms with Gasteiger partial charge in [-0.3, -0.25) is 0 Å². The van der Waals surface area contributed by atoms with Crippen LogP contribution in [0.2, 0.25) is 0 Å². The Labute approximate surface area is 108 Å². The SMILES string of the molecule is CC(C)(C)C(C)(C)Cc1cc(O)ccc1C(=O)O. The molecule has 0 saturated heterocycles. The highest BCUT2D eigenvalue weighted by atomic mass is 16.4. The van der Waals surface area contributed by atoms with Crippen LogP contribution >= 0.6 is 0 Å². The lowest BCUT2D eigenvalue weighted by atomic mass is 9.66. The number of rotatable bonds is 3. The molecule has 0 aliphatic heterocycles. The number of carbonyl (C=O) groups is 1. The Morgan fingerprint density at radius 3 is 2.17 bits per heavy atom. The van der Waals surface area contributed by atoms with Crippen LogP contribution in [0.4, 0.5) is 0 Å². The highest BCUT2D eigenvalue weighted by molar-refractivity contribution is 5.89. The summed E-state index contributed by atoms with van der Waals surface area (Å²) >= 11 is 0. The Hall–Kier alpha value is -1.51. The van der Waals surface area contributed by atoms with E-state index in [2.05, 4.69) is 34.6 Å². The summed E-state index contributed by atoms with van der Waals surface area (Å²) in [6, 6.07) is 4.43. The Morgan fingerprint density at radius 1 is 1.17 bits per heavy atom. The second kappa shape index (κ2) is 4.63. The van der Waals surface area contributed by atoms with Gasteiger partial charge < -0.3 is 10.2 Å².